The number of allylic oxidation sites excluding steroid dienone is 6. The Balaban J connectivity index is 3.51. The normalized spacial score (nSPS) is 14.4. The monoisotopic (exact) mass is 321 g/mol. The maximum atomic E-state index is 11.8. The van der Waals surface area contributed by atoms with Crippen LogP contribution in [0.5, 0.6) is 0 Å². The molecule has 1 aromatic rings. The molecule has 1 heterocycles. The lowest BCUT2D eigenvalue weighted by atomic mass is 9.75. The first kappa shape index (κ1) is 17.8. The van der Waals surface area contributed by atoms with Crippen molar-refractivity contribution in [1.82, 2.24) is 4.98 Å². The van der Waals surface area contributed by atoms with Crippen LogP contribution < -0.4 is 4.87 Å². The highest BCUT2D eigenvalue weighted by atomic mass is 32.2. The smallest absolute Gasteiger partial charge is 0.305 e. The summed E-state index contributed by atoms with van der Waals surface area (Å²) < 4.78 is 0. The predicted molar refractivity (Wildman–Crippen MR) is 96.5 cm³/mol. The molecule has 1 aromatic heterocycles. The van der Waals surface area contributed by atoms with Crippen molar-refractivity contribution in [2.45, 2.75) is 31.7 Å². The van der Waals surface area contributed by atoms with Crippen molar-refractivity contribution >= 4 is 23.1 Å². The van der Waals surface area contributed by atoms with Crippen LogP contribution in [-0.4, -0.2) is 11.2 Å². The van der Waals surface area contributed by atoms with Crippen molar-refractivity contribution < 1.29 is 0 Å². The number of hydrogen-bond donors (Lipinski definition) is 1. The minimum absolute atomic E-state index is 0.00532. The van der Waals surface area contributed by atoms with Crippen LogP contribution in [0.1, 0.15) is 31.6 Å². The Morgan fingerprint density at radius 1 is 1.33 bits per heavy atom. The molecule has 0 aromatic carbocycles. The van der Waals surface area contributed by atoms with E-state index in [4.69, 9.17) is 0 Å². The molecule has 114 valence electrons. The van der Waals surface area contributed by atoms with Crippen LogP contribution in [0.2, 0.25) is 0 Å². The highest BCUT2D eigenvalue weighted by Crippen LogP contribution is 2.45. The molecule has 0 unspecified atom stereocenters. The van der Waals surface area contributed by atoms with E-state index in [1.165, 1.54) is 11.3 Å². The molecule has 0 aliphatic heterocycles. The van der Waals surface area contributed by atoms with Gasteiger partial charge in [-0.2, -0.15) is 0 Å². The Bertz CT molecular complexity index is 611. The standard InChI is InChI=1S/C17H23NOS2/c1-7-9-11-12(10-8-2)13(17(3,4)5)14-15(20-6)18-16(19)21-14/h7-11,13H,1-2H2,3-6H3,(H,18,19)/b11-9-,12-10+/t13-/m1/s1. The van der Waals surface area contributed by atoms with Crippen LogP contribution in [0.25, 0.3) is 0 Å². The number of aromatic amines is 1. The van der Waals surface area contributed by atoms with Crippen LogP contribution in [0.15, 0.2) is 58.9 Å². The van der Waals surface area contributed by atoms with E-state index in [1.807, 2.05) is 24.5 Å². The van der Waals surface area contributed by atoms with E-state index in [2.05, 4.69) is 38.9 Å². The molecule has 1 rings (SSSR count). The van der Waals surface area contributed by atoms with Gasteiger partial charge in [0.2, 0.25) is 0 Å². The Morgan fingerprint density at radius 3 is 2.48 bits per heavy atom. The lowest BCUT2D eigenvalue weighted by Crippen LogP contribution is -2.19. The van der Waals surface area contributed by atoms with Crippen molar-refractivity contribution in [2.75, 3.05) is 6.26 Å². The SMILES string of the molecule is C=C/C=C\C(=C/C=C)[C@H](c1sc(=O)[nH]c1SC)C(C)(C)C. The lowest BCUT2D eigenvalue weighted by molar-refractivity contribution is 0.358. The van der Waals surface area contributed by atoms with Crippen LogP contribution >= 0.6 is 23.1 Å². The van der Waals surface area contributed by atoms with E-state index in [1.54, 1.807) is 23.9 Å². The van der Waals surface area contributed by atoms with Gasteiger partial charge in [-0.3, -0.25) is 4.79 Å². The van der Waals surface area contributed by atoms with Gasteiger partial charge < -0.3 is 4.98 Å². The zero-order chi connectivity index (χ0) is 16.0. The predicted octanol–water partition coefficient (Wildman–Crippen LogP) is 5.14. The fourth-order valence-corrected chi connectivity index (χ4v) is 4.33. The van der Waals surface area contributed by atoms with Gasteiger partial charge in [-0.1, -0.05) is 75.6 Å². The fraction of sp³-hybridized carbons (Fsp3) is 0.353. The van der Waals surface area contributed by atoms with Gasteiger partial charge in [-0.05, 0) is 17.2 Å². The first-order chi connectivity index (χ1) is 9.85. The average Bonchev–Trinajstić information content (AvgIpc) is 2.75. The molecule has 21 heavy (non-hydrogen) atoms. The highest BCUT2D eigenvalue weighted by molar-refractivity contribution is 7.98. The summed E-state index contributed by atoms with van der Waals surface area (Å²) in [5, 5.41) is 0.951. The molecule has 0 radical (unpaired) electrons. The van der Waals surface area contributed by atoms with Gasteiger partial charge in [0.25, 0.3) is 0 Å². The first-order valence-electron chi connectivity index (χ1n) is 6.73. The highest BCUT2D eigenvalue weighted by Gasteiger charge is 2.32. The van der Waals surface area contributed by atoms with Gasteiger partial charge in [-0.25, -0.2) is 0 Å². The van der Waals surface area contributed by atoms with Gasteiger partial charge in [0.15, 0.2) is 0 Å². The number of aromatic nitrogens is 1. The van der Waals surface area contributed by atoms with E-state index in [9.17, 15) is 4.79 Å². The summed E-state index contributed by atoms with van der Waals surface area (Å²) >= 11 is 2.87. The number of rotatable bonds is 6. The van der Waals surface area contributed by atoms with E-state index >= 15 is 0 Å². The molecule has 0 aliphatic carbocycles. The third kappa shape index (κ3) is 4.61. The summed E-state index contributed by atoms with van der Waals surface area (Å²) in [7, 11) is 0. The Kier molecular flexibility index (Phi) is 6.49. The van der Waals surface area contributed by atoms with Crippen molar-refractivity contribution in [2.24, 2.45) is 5.41 Å². The van der Waals surface area contributed by atoms with E-state index < -0.39 is 0 Å². The van der Waals surface area contributed by atoms with Crippen molar-refractivity contribution in [3.8, 4) is 0 Å². The first-order valence-corrected chi connectivity index (χ1v) is 8.78. The van der Waals surface area contributed by atoms with Crippen LogP contribution in [0.3, 0.4) is 0 Å². The molecule has 1 N–H and O–H groups in total. The van der Waals surface area contributed by atoms with Crippen LogP contribution in [0, 0.1) is 5.41 Å². The van der Waals surface area contributed by atoms with E-state index in [0.29, 0.717) is 0 Å². The summed E-state index contributed by atoms with van der Waals surface area (Å²) in [4.78, 5) is 15.8. The van der Waals surface area contributed by atoms with Crippen LogP contribution in [0.4, 0.5) is 0 Å². The molecule has 0 fully saturated rings. The summed E-state index contributed by atoms with van der Waals surface area (Å²) in [5.74, 6) is 0.123. The van der Waals surface area contributed by atoms with Gasteiger partial charge in [0.1, 0.15) is 0 Å². The minimum Gasteiger partial charge on any atom is -0.307 e. The largest absolute Gasteiger partial charge is 0.307 e. The number of thiazole rings is 1. The second-order valence-corrected chi connectivity index (χ2v) is 7.54. The maximum Gasteiger partial charge on any atom is 0.305 e. The molecule has 0 bridgehead atoms. The molecule has 0 spiro atoms. The van der Waals surface area contributed by atoms with Crippen LogP contribution in [-0.2, 0) is 0 Å². The van der Waals surface area contributed by atoms with Crippen molar-refractivity contribution in [3.05, 3.63) is 63.7 Å². The van der Waals surface area contributed by atoms with E-state index in [-0.39, 0.29) is 16.2 Å². The third-order valence-corrected chi connectivity index (χ3v) is 4.85. The number of thioether (sulfide) groups is 1. The number of nitrogens with one attached hydrogen (secondary N) is 1. The fourth-order valence-electron chi connectivity index (χ4n) is 2.28. The second-order valence-electron chi connectivity index (χ2n) is 5.71. The van der Waals surface area contributed by atoms with Gasteiger partial charge in [0.05, 0.1) is 5.03 Å². The molecular weight excluding hydrogens is 298 g/mol. The summed E-state index contributed by atoms with van der Waals surface area (Å²) in [6.45, 7) is 14.1. The maximum absolute atomic E-state index is 11.8. The molecule has 0 saturated carbocycles. The topological polar surface area (TPSA) is 32.9 Å². The van der Waals surface area contributed by atoms with E-state index in [0.717, 1.165) is 15.5 Å². The number of hydrogen-bond acceptors (Lipinski definition) is 3. The minimum atomic E-state index is -0.0179. The molecule has 4 heteroatoms. The summed E-state index contributed by atoms with van der Waals surface area (Å²) in [6.07, 6.45) is 11.5. The molecule has 0 aliphatic rings. The second kappa shape index (κ2) is 7.66. The lowest BCUT2D eigenvalue weighted by Gasteiger charge is -2.31. The Labute approximate surface area is 135 Å². The average molecular weight is 322 g/mol. The Morgan fingerprint density at radius 2 is 2.00 bits per heavy atom. The molecule has 0 amide bonds. The molecule has 2 nitrogen and oxygen atoms in total. The molecule has 0 saturated heterocycles. The molecular formula is C17H23NOS2. The zero-order valence-electron chi connectivity index (χ0n) is 13.1. The van der Waals surface area contributed by atoms with Gasteiger partial charge in [-0.15, -0.1) is 11.8 Å². The van der Waals surface area contributed by atoms with Gasteiger partial charge >= 0.3 is 4.87 Å². The quantitative estimate of drug-likeness (QED) is 0.581. The third-order valence-electron chi connectivity index (χ3n) is 3.04. The van der Waals surface area contributed by atoms with Crippen molar-refractivity contribution in [3.63, 3.8) is 0 Å². The Hall–Kier alpha value is -1.26. The van der Waals surface area contributed by atoms with Crippen molar-refractivity contribution in [1.29, 1.82) is 0 Å². The summed E-state index contributed by atoms with van der Waals surface area (Å²) in [6, 6.07) is 0. The summed E-state index contributed by atoms with van der Waals surface area (Å²) in [5.41, 5.74) is 1.11. The van der Waals surface area contributed by atoms with Gasteiger partial charge in [0, 0.05) is 10.8 Å². The number of H-pyrrole nitrogens is 1. The zero-order valence-corrected chi connectivity index (χ0v) is 14.7. The molecule has 1 atom stereocenters.